The standard InChI is InChI=1S/C28H27N3O4S/c1-28(2,24-20-7-5-6-8-22(20)35-25-21(24)13-14-23(30-25)34-4)26(32)31-27-29-18(16-36-27)15-17-9-11-19(33-3)12-10-17/h5-14,16,24H,15H2,1-4H3,(H,29,31,32). The van der Waals surface area contributed by atoms with Crippen LogP contribution in [-0.4, -0.2) is 30.1 Å². The van der Waals surface area contributed by atoms with E-state index in [1.165, 1.54) is 11.3 Å². The fraction of sp³-hybridized carbons (Fsp3) is 0.250. The molecule has 0 aliphatic carbocycles. The molecule has 0 spiro atoms. The first-order valence-electron chi connectivity index (χ1n) is 11.6. The molecule has 3 heterocycles. The van der Waals surface area contributed by atoms with E-state index >= 15 is 0 Å². The minimum absolute atomic E-state index is 0.128. The van der Waals surface area contributed by atoms with E-state index in [0.29, 0.717) is 29.1 Å². The van der Waals surface area contributed by atoms with Gasteiger partial charge in [0.2, 0.25) is 17.7 Å². The van der Waals surface area contributed by atoms with Crippen LogP contribution in [0.15, 0.2) is 66.0 Å². The molecule has 0 radical (unpaired) electrons. The van der Waals surface area contributed by atoms with Crippen molar-refractivity contribution >= 4 is 22.4 Å². The van der Waals surface area contributed by atoms with Crippen molar-refractivity contribution < 1.29 is 19.0 Å². The third-order valence-corrected chi connectivity index (χ3v) is 7.25. The van der Waals surface area contributed by atoms with E-state index in [-0.39, 0.29) is 11.8 Å². The summed E-state index contributed by atoms with van der Waals surface area (Å²) in [5.41, 5.74) is 2.98. The van der Waals surface area contributed by atoms with E-state index in [1.54, 1.807) is 20.3 Å². The molecule has 0 fully saturated rings. The highest BCUT2D eigenvalue weighted by molar-refractivity contribution is 7.13. The van der Waals surface area contributed by atoms with Gasteiger partial charge in [-0.05, 0) is 29.8 Å². The molecule has 4 aromatic rings. The number of para-hydroxylation sites is 1. The smallest absolute Gasteiger partial charge is 0.232 e. The first kappa shape index (κ1) is 23.8. The molecule has 1 aliphatic rings. The molecule has 1 aliphatic heterocycles. The molecule has 5 rings (SSSR count). The zero-order chi connectivity index (χ0) is 25.3. The van der Waals surface area contributed by atoms with Crippen molar-refractivity contribution in [2.24, 2.45) is 5.41 Å². The Kier molecular flexibility index (Phi) is 6.36. The highest BCUT2D eigenvalue weighted by Gasteiger charge is 2.44. The monoisotopic (exact) mass is 501 g/mol. The lowest BCUT2D eigenvalue weighted by Crippen LogP contribution is -2.38. The van der Waals surface area contributed by atoms with E-state index in [0.717, 1.165) is 28.1 Å². The first-order valence-corrected chi connectivity index (χ1v) is 12.5. The second kappa shape index (κ2) is 9.62. The number of ether oxygens (including phenoxy) is 3. The number of carbonyl (C=O) groups excluding carboxylic acids is 1. The predicted octanol–water partition coefficient (Wildman–Crippen LogP) is 6.05. The zero-order valence-corrected chi connectivity index (χ0v) is 21.4. The molecular weight excluding hydrogens is 474 g/mol. The molecule has 36 heavy (non-hydrogen) atoms. The number of methoxy groups -OCH3 is 2. The lowest BCUT2D eigenvalue weighted by atomic mass is 9.70. The number of nitrogens with one attached hydrogen (secondary N) is 1. The van der Waals surface area contributed by atoms with Crippen LogP contribution in [-0.2, 0) is 11.2 Å². The molecule has 1 atom stereocenters. The van der Waals surface area contributed by atoms with Crippen molar-refractivity contribution in [2.45, 2.75) is 26.2 Å². The summed E-state index contributed by atoms with van der Waals surface area (Å²) >= 11 is 1.42. The van der Waals surface area contributed by atoms with Gasteiger partial charge in [0.25, 0.3) is 0 Å². The van der Waals surface area contributed by atoms with Gasteiger partial charge in [0.05, 0.1) is 25.3 Å². The van der Waals surface area contributed by atoms with Crippen LogP contribution in [0.5, 0.6) is 23.3 Å². The van der Waals surface area contributed by atoms with Gasteiger partial charge in [-0.25, -0.2) is 4.98 Å². The van der Waals surface area contributed by atoms with Crippen molar-refractivity contribution in [1.82, 2.24) is 9.97 Å². The number of thiazole rings is 1. The number of anilines is 1. The number of nitrogens with zero attached hydrogens (tertiary/aromatic N) is 2. The number of hydrogen-bond acceptors (Lipinski definition) is 7. The van der Waals surface area contributed by atoms with Crippen LogP contribution in [0.3, 0.4) is 0 Å². The number of carbonyl (C=O) groups is 1. The molecular formula is C28H27N3O4S. The van der Waals surface area contributed by atoms with Crippen molar-refractivity contribution in [3.8, 4) is 23.3 Å². The molecule has 8 heteroatoms. The minimum atomic E-state index is -0.827. The van der Waals surface area contributed by atoms with Crippen molar-refractivity contribution in [1.29, 1.82) is 0 Å². The number of fused-ring (bicyclic) bond motifs is 2. The maximum atomic E-state index is 13.7. The van der Waals surface area contributed by atoms with Gasteiger partial charge < -0.3 is 19.5 Å². The van der Waals surface area contributed by atoms with Crippen LogP contribution in [0, 0.1) is 5.41 Å². The number of hydrogen-bond donors (Lipinski definition) is 1. The number of benzene rings is 2. The van der Waals surface area contributed by atoms with Crippen LogP contribution in [0.25, 0.3) is 0 Å². The Morgan fingerprint density at radius 2 is 1.78 bits per heavy atom. The molecule has 1 N–H and O–H groups in total. The van der Waals surface area contributed by atoms with Gasteiger partial charge in [0.15, 0.2) is 5.13 Å². The van der Waals surface area contributed by atoms with Gasteiger partial charge in [-0.3, -0.25) is 4.79 Å². The normalized spacial score (nSPS) is 14.3. The van der Waals surface area contributed by atoms with Gasteiger partial charge in [0, 0.05) is 34.9 Å². The SMILES string of the molecule is COc1ccc(Cc2csc(NC(=O)C(C)(C)C3c4ccccc4Oc4nc(OC)ccc43)n2)cc1. The Labute approximate surface area is 214 Å². The molecule has 1 unspecified atom stereocenters. The highest BCUT2D eigenvalue weighted by atomic mass is 32.1. The maximum absolute atomic E-state index is 13.7. The van der Waals surface area contributed by atoms with E-state index in [4.69, 9.17) is 14.2 Å². The molecule has 0 saturated carbocycles. The van der Waals surface area contributed by atoms with Gasteiger partial charge in [0.1, 0.15) is 11.5 Å². The van der Waals surface area contributed by atoms with Gasteiger partial charge in [-0.2, -0.15) is 4.98 Å². The average Bonchev–Trinajstić information content (AvgIpc) is 3.33. The predicted molar refractivity (Wildman–Crippen MR) is 139 cm³/mol. The number of aromatic nitrogens is 2. The van der Waals surface area contributed by atoms with Crippen LogP contribution < -0.4 is 19.5 Å². The van der Waals surface area contributed by atoms with Crippen molar-refractivity contribution in [3.63, 3.8) is 0 Å². The molecule has 0 bridgehead atoms. The number of rotatable bonds is 7. The van der Waals surface area contributed by atoms with E-state index in [2.05, 4.69) is 15.3 Å². The molecule has 0 saturated heterocycles. The summed E-state index contributed by atoms with van der Waals surface area (Å²) in [5.74, 6) is 2.02. The summed E-state index contributed by atoms with van der Waals surface area (Å²) in [5, 5.41) is 5.60. The molecule has 2 aromatic carbocycles. The third-order valence-electron chi connectivity index (χ3n) is 6.44. The first-order chi connectivity index (χ1) is 17.4. The van der Waals surface area contributed by atoms with Crippen molar-refractivity contribution in [2.75, 3.05) is 19.5 Å². The molecule has 7 nitrogen and oxygen atoms in total. The summed E-state index contributed by atoms with van der Waals surface area (Å²) in [6.45, 7) is 3.88. The van der Waals surface area contributed by atoms with Crippen LogP contribution in [0.1, 0.15) is 42.1 Å². The largest absolute Gasteiger partial charge is 0.497 e. The second-order valence-electron chi connectivity index (χ2n) is 9.17. The zero-order valence-electron chi connectivity index (χ0n) is 20.6. The fourth-order valence-electron chi connectivity index (χ4n) is 4.50. The number of amides is 1. The lowest BCUT2D eigenvalue weighted by Gasteiger charge is -2.37. The van der Waals surface area contributed by atoms with Crippen LogP contribution in [0.4, 0.5) is 5.13 Å². The summed E-state index contributed by atoms with van der Waals surface area (Å²) in [6, 6.07) is 19.4. The number of pyridine rings is 1. The second-order valence-corrected chi connectivity index (χ2v) is 10.0. The Morgan fingerprint density at radius 3 is 2.53 bits per heavy atom. The Bertz CT molecular complexity index is 1400. The van der Waals surface area contributed by atoms with E-state index in [9.17, 15) is 4.79 Å². The van der Waals surface area contributed by atoms with Gasteiger partial charge in [-0.1, -0.05) is 44.2 Å². The third kappa shape index (κ3) is 4.52. The van der Waals surface area contributed by atoms with Gasteiger partial charge in [-0.15, -0.1) is 11.3 Å². The lowest BCUT2D eigenvalue weighted by molar-refractivity contribution is -0.124. The molecule has 2 aromatic heterocycles. The Balaban J connectivity index is 1.39. The molecule has 1 amide bonds. The summed E-state index contributed by atoms with van der Waals surface area (Å²) in [4.78, 5) is 22.8. The van der Waals surface area contributed by atoms with Crippen LogP contribution in [0.2, 0.25) is 0 Å². The van der Waals surface area contributed by atoms with Gasteiger partial charge >= 0.3 is 0 Å². The minimum Gasteiger partial charge on any atom is -0.497 e. The van der Waals surface area contributed by atoms with E-state index < -0.39 is 5.41 Å². The fourth-order valence-corrected chi connectivity index (χ4v) is 5.20. The van der Waals surface area contributed by atoms with E-state index in [1.807, 2.05) is 73.8 Å². The highest BCUT2D eigenvalue weighted by Crippen LogP contribution is 2.51. The maximum Gasteiger partial charge on any atom is 0.232 e. The average molecular weight is 502 g/mol. The summed E-state index contributed by atoms with van der Waals surface area (Å²) < 4.78 is 16.6. The molecule has 184 valence electrons. The topological polar surface area (TPSA) is 82.6 Å². The Morgan fingerprint density at radius 1 is 1.00 bits per heavy atom. The quantitative estimate of drug-likeness (QED) is 0.332. The Hall–Kier alpha value is -3.91. The van der Waals surface area contributed by atoms with Crippen LogP contribution >= 0.6 is 11.3 Å². The summed E-state index contributed by atoms with van der Waals surface area (Å²) in [7, 11) is 3.22. The summed E-state index contributed by atoms with van der Waals surface area (Å²) in [6.07, 6.45) is 0.675. The van der Waals surface area contributed by atoms with Crippen molar-refractivity contribution in [3.05, 3.63) is 88.4 Å².